The van der Waals surface area contributed by atoms with Crippen LogP contribution in [0, 0.1) is 23.1 Å². The lowest BCUT2D eigenvalue weighted by Crippen LogP contribution is -2.52. The van der Waals surface area contributed by atoms with E-state index in [2.05, 4.69) is 39.9 Å². The summed E-state index contributed by atoms with van der Waals surface area (Å²) in [4.78, 5) is 46.3. The summed E-state index contributed by atoms with van der Waals surface area (Å²) in [6.07, 6.45) is 3.52. The monoisotopic (exact) mass is 605 g/mol. The molecule has 4 rings (SSSR count). The molecule has 0 aromatic heterocycles. The lowest BCUT2D eigenvalue weighted by molar-refractivity contribution is -0.154. The van der Waals surface area contributed by atoms with Crippen LogP contribution in [0.4, 0.5) is 4.39 Å². The Morgan fingerprint density at radius 3 is 2.11 bits per heavy atom. The highest BCUT2D eigenvalue weighted by Gasteiger charge is 2.53. The van der Waals surface area contributed by atoms with Crippen LogP contribution in [0.3, 0.4) is 0 Å². The molecule has 1 N–H and O–H groups in total. The van der Waals surface area contributed by atoms with Crippen molar-refractivity contribution in [2.75, 3.05) is 6.54 Å². The summed E-state index contributed by atoms with van der Waals surface area (Å²) in [5.41, 5.74) is 1.30. The van der Waals surface area contributed by atoms with Gasteiger partial charge in [0.2, 0.25) is 0 Å². The normalized spacial score (nSPS) is 21.4. The van der Waals surface area contributed by atoms with Gasteiger partial charge in [0, 0.05) is 17.7 Å². The number of rotatable bonds is 8. The summed E-state index contributed by atoms with van der Waals surface area (Å²) < 4.78 is 19.1. The SMILES string of the molecule is CC(C)[C@H](c1ccc(C(=O)NCCC(=O)OC(C)(C)C)cc1)N1C(=O)C(c2ccc(F)cc2)=NC12CCC(C(C)(C)C)CC2. The highest BCUT2D eigenvalue weighted by Crippen LogP contribution is 2.50. The van der Waals surface area contributed by atoms with Crippen molar-refractivity contribution in [3.63, 3.8) is 0 Å². The van der Waals surface area contributed by atoms with Gasteiger partial charge in [-0.1, -0.05) is 46.8 Å². The topological polar surface area (TPSA) is 88.1 Å². The summed E-state index contributed by atoms with van der Waals surface area (Å²) in [6.45, 7) is 16.6. The van der Waals surface area contributed by atoms with Crippen molar-refractivity contribution < 1.29 is 23.5 Å². The van der Waals surface area contributed by atoms with Crippen LogP contribution in [-0.4, -0.2) is 46.2 Å². The van der Waals surface area contributed by atoms with Crippen molar-refractivity contribution in [3.05, 3.63) is 71.0 Å². The summed E-state index contributed by atoms with van der Waals surface area (Å²) in [6, 6.07) is 13.1. The minimum absolute atomic E-state index is 0.0624. The Morgan fingerprint density at radius 2 is 1.59 bits per heavy atom. The molecule has 1 saturated carbocycles. The second-order valence-corrected chi connectivity index (χ2v) is 14.7. The average molecular weight is 606 g/mol. The molecule has 7 nitrogen and oxygen atoms in total. The van der Waals surface area contributed by atoms with Gasteiger partial charge < -0.3 is 15.0 Å². The van der Waals surface area contributed by atoms with Gasteiger partial charge in [-0.3, -0.25) is 19.4 Å². The molecule has 0 radical (unpaired) electrons. The molecule has 1 fully saturated rings. The molecule has 0 unspecified atom stereocenters. The first-order chi connectivity index (χ1) is 20.5. The van der Waals surface area contributed by atoms with Crippen molar-refractivity contribution in [2.45, 2.75) is 105 Å². The Bertz CT molecular complexity index is 1380. The fraction of sp³-hybridized carbons (Fsp3) is 0.556. The van der Waals surface area contributed by atoms with Crippen LogP contribution >= 0.6 is 0 Å². The van der Waals surface area contributed by atoms with Gasteiger partial charge >= 0.3 is 5.97 Å². The van der Waals surface area contributed by atoms with Gasteiger partial charge in [0.1, 0.15) is 22.8 Å². The molecule has 2 amide bonds. The Morgan fingerprint density at radius 1 is 1.00 bits per heavy atom. The van der Waals surface area contributed by atoms with Crippen LogP contribution < -0.4 is 5.32 Å². The average Bonchev–Trinajstić information content (AvgIpc) is 3.19. The van der Waals surface area contributed by atoms with Crippen molar-refractivity contribution in [1.82, 2.24) is 10.2 Å². The maximum atomic E-state index is 14.3. The number of carbonyl (C=O) groups is 3. The molecule has 2 aliphatic rings. The van der Waals surface area contributed by atoms with Crippen LogP contribution in [0.25, 0.3) is 0 Å². The summed E-state index contributed by atoms with van der Waals surface area (Å²) in [5.74, 6) is -0.555. The Balaban J connectivity index is 1.58. The fourth-order valence-electron chi connectivity index (χ4n) is 6.53. The predicted octanol–water partition coefficient (Wildman–Crippen LogP) is 7.25. The van der Waals surface area contributed by atoms with E-state index in [1.807, 2.05) is 17.0 Å². The van der Waals surface area contributed by atoms with E-state index in [4.69, 9.17) is 9.73 Å². The molecule has 238 valence electrons. The molecular weight excluding hydrogens is 557 g/mol. The highest BCUT2D eigenvalue weighted by molar-refractivity contribution is 6.46. The molecule has 1 aliphatic heterocycles. The maximum Gasteiger partial charge on any atom is 0.308 e. The van der Waals surface area contributed by atoms with Gasteiger partial charge in [-0.05, 0) is 106 Å². The van der Waals surface area contributed by atoms with E-state index in [1.54, 1.807) is 45.0 Å². The second-order valence-electron chi connectivity index (χ2n) is 14.7. The summed E-state index contributed by atoms with van der Waals surface area (Å²) in [5, 5.41) is 2.79. The number of hydrogen-bond acceptors (Lipinski definition) is 5. The third-order valence-electron chi connectivity index (χ3n) is 8.78. The first-order valence-electron chi connectivity index (χ1n) is 15.8. The largest absolute Gasteiger partial charge is 0.460 e. The minimum Gasteiger partial charge on any atom is -0.460 e. The van der Waals surface area contributed by atoms with E-state index < -0.39 is 11.3 Å². The maximum absolute atomic E-state index is 14.3. The van der Waals surface area contributed by atoms with E-state index in [1.165, 1.54) is 12.1 Å². The molecule has 1 heterocycles. The number of aliphatic imine (C=N–C) groups is 1. The molecule has 2 aromatic rings. The number of carbonyl (C=O) groups excluding carboxylic acids is 3. The van der Waals surface area contributed by atoms with Gasteiger partial charge in [0.05, 0.1) is 12.5 Å². The number of esters is 1. The van der Waals surface area contributed by atoms with Gasteiger partial charge in [0.15, 0.2) is 0 Å². The first kappa shape index (κ1) is 33.3. The fourth-order valence-corrected chi connectivity index (χ4v) is 6.53. The first-order valence-corrected chi connectivity index (χ1v) is 15.8. The lowest BCUT2D eigenvalue weighted by Gasteiger charge is -2.48. The number of benzene rings is 2. The van der Waals surface area contributed by atoms with Crippen molar-refractivity contribution >= 4 is 23.5 Å². The molecule has 2 aromatic carbocycles. The number of halogens is 1. The standard InChI is InChI=1S/C36H48FN3O4/c1-23(2)31(25-9-11-26(12-10-25)32(42)38-22-19-29(41)44-35(6,7)8)40-33(43)30(24-13-15-28(37)16-14-24)39-36(40)20-17-27(18-21-36)34(3,4)5/h9-16,23,27,31H,17-22H2,1-8H3,(H,38,42)/t27?,31-,36?/m1/s1. The van der Waals surface area contributed by atoms with E-state index >= 15 is 0 Å². The van der Waals surface area contributed by atoms with Crippen LogP contribution in [0.5, 0.6) is 0 Å². The van der Waals surface area contributed by atoms with E-state index in [9.17, 15) is 18.8 Å². The van der Waals surface area contributed by atoms with Gasteiger partial charge in [-0.15, -0.1) is 0 Å². The number of ether oxygens (including phenoxy) is 1. The molecule has 44 heavy (non-hydrogen) atoms. The molecule has 1 aliphatic carbocycles. The minimum atomic E-state index is -0.685. The van der Waals surface area contributed by atoms with Crippen LogP contribution in [0.15, 0.2) is 53.5 Å². The van der Waals surface area contributed by atoms with E-state index in [-0.39, 0.29) is 53.9 Å². The number of amides is 2. The smallest absolute Gasteiger partial charge is 0.308 e. The molecular formula is C36H48FN3O4. The molecule has 8 heteroatoms. The highest BCUT2D eigenvalue weighted by atomic mass is 19.1. The number of hydrogen-bond donors (Lipinski definition) is 1. The zero-order chi connectivity index (χ0) is 32.4. The number of nitrogens with one attached hydrogen (secondary N) is 1. The van der Waals surface area contributed by atoms with Crippen LogP contribution in [-0.2, 0) is 14.3 Å². The van der Waals surface area contributed by atoms with Gasteiger partial charge in [0.25, 0.3) is 11.8 Å². The van der Waals surface area contributed by atoms with Crippen LogP contribution in [0.1, 0.15) is 115 Å². The van der Waals surface area contributed by atoms with Crippen molar-refractivity contribution in [2.24, 2.45) is 22.2 Å². The zero-order valence-corrected chi connectivity index (χ0v) is 27.5. The van der Waals surface area contributed by atoms with Crippen molar-refractivity contribution in [3.8, 4) is 0 Å². The van der Waals surface area contributed by atoms with Gasteiger partial charge in [-0.2, -0.15) is 0 Å². The number of nitrogens with zero attached hydrogens (tertiary/aromatic N) is 2. The molecule has 0 bridgehead atoms. The second kappa shape index (κ2) is 12.8. The van der Waals surface area contributed by atoms with E-state index in [0.29, 0.717) is 22.8 Å². The Kier molecular flexibility index (Phi) is 9.72. The molecule has 1 atom stereocenters. The molecule has 1 spiro atoms. The van der Waals surface area contributed by atoms with E-state index in [0.717, 1.165) is 31.2 Å². The summed E-state index contributed by atoms with van der Waals surface area (Å²) in [7, 11) is 0. The third kappa shape index (κ3) is 7.56. The van der Waals surface area contributed by atoms with Gasteiger partial charge in [-0.25, -0.2) is 4.39 Å². The quantitative estimate of drug-likeness (QED) is 0.321. The zero-order valence-electron chi connectivity index (χ0n) is 27.5. The Labute approximate surface area is 261 Å². The summed E-state index contributed by atoms with van der Waals surface area (Å²) >= 11 is 0. The third-order valence-corrected chi connectivity index (χ3v) is 8.78. The lowest BCUT2D eigenvalue weighted by atomic mass is 9.69. The van der Waals surface area contributed by atoms with Crippen molar-refractivity contribution in [1.29, 1.82) is 0 Å². The predicted molar refractivity (Wildman–Crippen MR) is 171 cm³/mol. The molecule has 0 saturated heterocycles. The Hall–Kier alpha value is -3.55. The van der Waals surface area contributed by atoms with Crippen LogP contribution in [0.2, 0.25) is 0 Å².